The highest BCUT2D eigenvalue weighted by Crippen LogP contribution is 2.46. The Kier molecular flexibility index (Phi) is 11.9. The molecule has 3 fully saturated rings. The van der Waals surface area contributed by atoms with Crippen LogP contribution in [-0.2, 0) is 35.3 Å². The van der Waals surface area contributed by atoms with Crippen LogP contribution in [0, 0.1) is 17.8 Å². The summed E-state index contributed by atoms with van der Waals surface area (Å²) in [4.78, 5) is 69.2. The Balaban J connectivity index is 1.39. The van der Waals surface area contributed by atoms with E-state index >= 15 is 0 Å². The number of fused-ring (bicyclic) bond motifs is 3. The van der Waals surface area contributed by atoms with Gasteiger partial charge >= 0.3 is 12.3 Å². The van der Waals surface area contributed by atoms with Crippen LogP contribution >= 0.6 is 0 Å². The third-order valence-electron chi connectivity index (χ3n) is 10.9. The van der Waals surface area contributed by atoms with Gasteiger partial charge < -0.3 is 29.7 Å². The number of hydrogen-bond donors (Lipinski definition) is 3. The van der Waals surface area contributed by atoms with Crippen molar-refractivity contribution in [1.29, 1.82) is 0 Å². The number of carbonyl (C=O) groups excluding carboxylic acids is 4. The van der Waals surface area contributed by atoms with Crippen LogP contribution in [0.2, 0.25) is 0 Å². The van der Waals surface area contributed by atoms with Gasteiger partial charge in [0.25, 0.3) is 5.91 Å². The minimum absolute atomic E-state index is 0.0278. The SMILES string of the molecule is CCC1CC(C)CCC=CC2CC2(C(=O)NS(=O)(=O)C2CC2)NC(=O)C2CC(Oc3nc4cc(OC)ncc4nc3C(F)(F)F)CN2C(=O)C1NC(=O)OC(C)(C)C. The molecule has 7 atom stereocenters. The van der Waals surface area contributed by atoms with Gasteiger partial charge in [-0.1, -0.05) is 32.4 Å². The number of allylic oxidation sites excluding steroid dienone is 1. The number of sulfonamides is 1. The van der Waals surface area contributed by atoms with Gasteiger partial charge in [-0.25, -0.2) is 28.2 Å². The first-order chi connectivity index (χ1) is 27.1. The van der Waals surface area contributed by atoms with Gasteiger partial charge in [0.2, 0.25) is 39.3 Å². The number of nitrogens with zero attached hydrogens (tertiary/aromatic N) is 4. The molecular weight excluding hydrogens is 788 g/mol. The molecule has 318 valence electrons. The van der Waals surface area contributed by atoms with Crippen molar-refractivity contribution in [2.45, 2.75) is 127 Å². The molecule has 2 saturated carbocycles. The van der Waals surface area contributed by atoms with Crippen molar-refractivity contribution in [3.63, 3.8) is 0 Å². The van der Waals surface area contributed by atoms with Crippen molar-refractivity contribution >= 4 is 44.9 Å². The van der Waals surface area contributed by atoms with Gasteiger partial charge in [-0.3, -0.25) is 19.1 Å². The molecule has 3 N–H and O–H groups in total. The maximum atomic E-state index is 14.9. The van der Waals surface area contributed by atoms with Crippen molar-refractivity contribution in [1.82, 2.24) is 35.2 Å². The quantitative estimate of drug-likeness (QED) is 0.320. The van der Waals surface area contributed by atoms with Crippen LogP contribution in [-0.4, -0.2) is 100 Å². The van der Waals surface area contributed by atoms with Gasteiger partial charge in [0, 0.05) is 18.4 Å². The lowest BCUT2D eigenvalue weighted by Crippen LogP contribution is -2.59. The number of pyridine rings is 1. The number of ether oxygens (including phenoxy) is 3. The summed E-state index contributed by atoms with van der Waals surface area (Å²) in [6, 6.07) is -1.40. The number of methoxy groups -OCH3 is 1. The number of aromatic nitrogens is 3. The predicted octanol–water partition coefficient (Wildman–Crippen LogP) is 4.18. The Bertz CT molecular complexity index is 2080. The molecule has 0 bridgehead atoms. The number of carbonyl (C=O) groups is 4. The lowest BCUT2D eigenvalue weighted by atomic mass is 9.85. The summed E-state index contributed by atoms with van der Waals surface area (Å²) in [7, 11) is -2.69. The number of alkyl carbamates (subject to hydrolysis) is 1. The molecule has 0 spiro atoms. The Morgan fingerprint density at radius 1 is 1.09 bits per heavy atom. The third kappa shape index (κ3) is 9.58. The number of hydrogen-bond acceptors (Lipinski definition) is 12. The first-order valence-electron chi connectivity index (χ1n) is 19.4. The van der Waals surface area contributed by atoms with E-state index in [4.69, 9.17) is 14.2 Å². The van der Waals surface area contributed by atoms with Crippen LogP contribution < -0.4 is 24.8 Å². The first kappa shape index (κ1) is 42.8. The Labute approximate surface area is 334 Å². The van der Waals surface area contributed by atoms with Crippen LogP contribution in [0.3, 0.4) is 0 Å². The number of rotatable bonds is 8. The molecule has 4 amide bonds. The molecule has 0 aromatic carbocycles. The Morgan fingerprint density at radius 3 is 2.45 bits per heavy atom. The number of amides is 4. The first-order valence-corrected chi connectivity index (χ1v) is 21.0. The minimum Gasteiger partial charge on any atom is -0.481 e. The molecule has 2 aromatic rings. The molecule has 20 heteroatoms. The van der Waals surface area contributed by atoms with E-state index in [9.17, 15) is 40.8 Å². The van der Waals surface area contributed by atoms with E-state index in [1.54, 1.807) is 26.8 Å². The van der Waals surface area contributed by atoms with Crippen LogP contribution in [0.15, 0.2) is 24.4 Å². The van der Waals surface area contributed by atoms with Crippen LogP contribution in [0.4, 0.5) is 18.0 Å². The molecule has 2 aromatic heterocycles. The lowest BCUT2D eigenvalue weighted by Gasteiger charge is -2.34. The Hall–Kier alpha value is -4.75. The van der Waals surface area contributed by atoms with Crippen molar-refractivity contribution in [2.24, 2.45) is 17.8 Å². The zero-order valence-corrected chi connectivity index (χ0v) is 34.0. The van der Waals surface area contributed by atoms with Crippen molar-refractivity contribution in [3.05, 3.63) is 30.1 Å². The number of halogens is 3. The summed E-state index contributed by atoms with van der Waals surface area (Å²) in [5, 5.41) is 4.73. The zero-order valence-electron chi connectivity index (χ0n) is 33.2. The van der Waals surface area contributed by atoms with E-state index in [-0.39, 0.29) is 35.7 Å². The highest BCUT2D eigenvalue weighted by Gasteiger charge is 2.62. The molecule has 0 radical (unpaired) electrons. The van der Waals surface area contributed by atoms with E-state index in [1.807, 2.05) is 19.9 Å². The topological polar surface area (TPSA) is 208 Å². The van der Waals surface area contributed by atoms with Gasteiger partial charge in [-0.15, -0.1) is 0 Å². The highest BCUT2D eigenvalue weighted by molar-refractivity contribution is 7.91. The summed E-state index contributed by atoms with van der Waals surface area (Å²) < 4.78 is 87.7. The molecule has 1 saturated heterocycles. The summed E-state index contributed by atoms with van der Waals surface area (Å²) in [5.41, 5.74) is -4.29. The fourth-order valence-electron chi connectivity index (χ4n) is 7.61. The smallest absolute Gasteiger partial charge is 0.438 e. The van der Waals surface area contributed by atoms with Crippen LogP contribution in [0.5, 0.6) is 11.8 Å². The second kappa shape index (κ2) is 16.1. The van der Waals surface area contributed by atoms with E-state index < -0.39 is 105 Å². The normalized spacial score (nSPS) is 28.3. The average molecular weight is 838 g/mol. The number of alkyl halides is 3. The lowest BCUT2D eigenvalue weighted by molar-refractivity contribution is -0.143. The second-order valence-corrected chi connectivity index (χ2v) is 18.6. The van der Waals surface area contributed by atoms with Crippen molar-refractivity contribution in [2.75, 3.05) is 13.7 Å². The molecule has 4 heterocycles. The Morgan fingerprint density at radius 2 is 1.81 bits per heavy atom. The molecule has 2 aliphatic carbocycles. The zero-order chi connectivity index (χ0) is 42.4. The fraction of sp³-hybridized carbons (Fsp3) is 0.658. The highest BCUT2D eigenvalue weighted by atomic mass is 32.2. The third-order valence-corrected chi connectivity index (χ3v) is 12.7. The standard InChI is InChI=1S/C38H50F3N7O9S/c1-7-21-14-20(2)10-8-9-11-22-17-37(22,34(51)47-58(53,54)24-12-13-24)46-31(49)27-15-23(19-48(27)33(50)29(21)45-35(52)57-36(3,4)5)56-32-30(38(39,40)41)43-26-18-42-28(55-6)16-25(26)44-32/h9,11,16,18,20-24,27,29H,7-8,10,12-15,17,19H2,1-6H3,(H,45,52)(H,46,49)(H,47,51). The summed E-state index contributed by atoms with van der Waals surface area (Å²) in [5.74, 6) is -4.36. The van der Waals surface area contributed by atoms with Crippen LogP contribution in [0.1, 0.15) is 91.7 Å². The van der Waals surface area contributed by atoms with Gasteiger partial charge in [-0.2, -0.15) is 13.2 Å². The molecule has 7 unspecified atom stereocenters. The van der Waals surface area contributed by atoms with Crippen molar-refractivity contribution < 1.29 is 55.0 Å². The molecule has 58 heavy (non-hydrogen) atoms. The minimum atomic E-state index is -5.03. The van der Waals surface area contributed by atoms with Gasteiger partial charge in [-0.05, 0) is 71.1 Å². The molecule has 2 aliphatic heterocycles. The predicted molar refractivity (Wildman–Crippen MR) is 202 cm³/mol. The molecule has 4 aliphatic rings. The van der Waals surface area contributed by atoms with Crippen molar-refractivity contribution in [3.8, 4) is 11.8 Å². The maximum absolute atomic E-state index is 14.9. The van der Waals surface area contributed by atoms with E-state index in [1.165, 1.54) is 13.2 Å². The van der Waals surface area contributed by atoms with E-state index in [0.29, 0.717) is 38.5 Å². The van der Waals surface area contributed by atoms with Crippen LogP contribution in [0.25, 0.3) is 11.0 Å². The van der Waals surface area contributed by atoms with Gasteiger partial charge in [0.1, 0.15) is 34.8 Å². The monoisotopic (exact) mass is 837 g/mol. The summed E-state index contributed by atoms with van der Waals surface area (Å²) in [6.45, 7) is 8.41. The second-order valence-electron chi connectivity index (χ2n) is 16.7. The number of nitrogens with one attached hydrogen (secondary N) is 3. The maximum Gasteiger partial charge on any atom is 0.438 e. The molecule has 6 rings (SSSR count). The summed E-state index contributed by atoms with van der Waals surface area (Å²) in [6.07, 6.45) is 0.190. The van der Waals surface area contributed by atoms with E-state index in [2.05, 4.69) is 30.3 Å². The van der Waals surface area contributed by atoms with Gasteiger partial charge in [0.15, 0.2) is 0 Å². The van der Waals surface area contributed by atoms with E-state index in [0.717, 1.165) is 11.1 Å². The molecular formula is C38H50F3N7O9S. The summed E-state index contributed by atoms with van der Waals surface area (Å²) >= 11 is 0. The van der Waals surface area contributed by atoms with Gasteiger partial charge in [0.05, 0.1) is 30.6 Å². The largest absolute Gasteiger partial charge is 0.481 e. The average Bonchev–Trinajstić information content (AvgIpc) is 4.06. The molecule has 16 nitrogen and oxygen atoms in total. The fourth-order valence-corrected chi connectivity index (χ4v) is 8.98.